The maximum Gasteiger partial charge on any atom is 0.261 e. The summed E-state index contributed by atoms with van der Waals surface area (Å²) in [5.41, 5.74) is 0.226. The molecule has 0 saturated carbocycles. The van der Waals surface area contributed by atoms with Gasteiger partial charge in [0.2, 0.25) is 5.91 Å². The largest absolute Gasteiger partial charge is 0.497 e. The topological polar surface area (TPSA) is 75.7 Å². The molecule has 1 amide bonds. The summed E-state index contributed by atoms with van der Waals surface area (Å²) in [6.45, 7) is 1.32. The van der Waals surface area contributed by atoms with E-state index in [2.05, 4.69) is 4.72 Å². The normalized spacial score (nSPS) is 11.0. The van der Waals surface area contributed by atoms with E-state index in [1.165, 1.54) is 56.3 Å². The van der Waals surface area contributed by atoms with Gasteiger partial charge in [-0.3, -0.25) is 9.52 Å². The molecule has 8 heteroatoms. The molecule has 6 nitrogen and oxygen atoms in total. The van der Waals surface area contributed by atoms with Crippen LogP contribution in [0.25, 0.3) is 0 Å². The van der Waals surface area contributed by atoms with Gasteiger partial charge in [-0.05, 0) is 36.4 Å². The Morgan fingerprint density at radius 1 is 1.17 bits per heavy atom. The summed E-state index contributed by atoms with van der Waals surface area (Å²) in [4.78, 5) is 12.7. The van der Waals surface area contributed by atoms with Gasteiger partial charge in [0.1, 0.15) is 11.6 Å². The van der Waals surface area contributed by atoms with Gasteiger partial charge in [0.25, 0.3) is 10.0 Å². The quantitative estimate of drug-likeness (QED) is 0.897. The lowest BCUT2D eigenvalue weighted by atomic mass is 10.2. The van der Waals surface area contributed by atoms with Crippen molar-refractivity contribution in [1.82, 2.24) is 0 Å². The minimum atomic E-state index is -3.95. The van der Waals surface area contributed by atoms with Gasteiger partial charge >= 0.3 is 0 Å². The molecule has 0 atom stereocenters. The van der Waals surface area contributed by atoms with Crippen LogP contribution < -0.4 is 14.4 Å². The maximum atomic E-state index is 13.5. The SMILES string of the molecule is COc1ccc(S(=O)(=O)Nc2cc(F)ccc2N(C)C(C)=O)cc1. The Labute approximate surface area is 139 Å². The van der Waals surface area contributed by atoms with Crippen LogP contribution in [0.3, 0.4) is 0 Å². The van der Waals surface area contributed by atoms with Crippen LogP contribution in [-0.2, 0) is 14.8 Å². The van der Waals surface area contributed by atoms with Crippen molar-refractivity contribution in [1.29, 1.82) is 0 Å². The third kappa shape index (κ3) is 3.83. The smallest absolute Gasteiger partial charge is 0.261 e. The third-order valence-corrected chi connectivity index (χ3v) is 4.79. The number of carbonyl (C=O) groups is 1. The van der Waals surface area contributed by atoms with Gasteiger partial charge < -0.3 is 9.64 Å². The number of nitrogens with one attached hydrogen (secondary N) is 1. The number of amides is 1. The third-order valence-electron chi connectivity index (χ3n) is 3.41. The molecule has 0 aliphatic carbocycles. The molecular formula is C16H17FN2O4S. The predicted octanol–water partition coefficient (Wildman–Crippen LogP) is 2.62. The standard InChI is InChI=1S/C16H17FN2O4S/c1-11(20)19(2)16-9-4-12(17)10-15(16)18-24(21,22)14-7-5-13(23-3)6-8-14/h4-10,18H,1-3H3. The van der Waals surface area contributed by atoms with E-state index in [1.807, 2.05) is 0 Å². The lowest BCUT2D eigenvalue weighted by molar-refractivity contribution is -0.116. The minimum Gasteiger partial charge on any atom is -0.497 e. The fourth-order valence-electron chi connectivity index (χ4n) is 2.01. The molecule has 128 valence electrons. The van der Waals surface area contributed by atoms with Crippen LogP contribution >= 0.6 is 0 Å². The second kappa shape index (κ2) is 6.88. The lowest BCUT2D eigenvalue weighted by Crippen LogP contribution is -2.25. The van der Waals surface area contributed by atoms with Crippen LogP contribution in [0.2, 0.25) is 0 Å². The van der Waals surface area contributed by atoms with Crippen molar-refractivity contribution < 1.29 is 22.3 Å². The van der Waals surface area contributed by atoms with Crippen molar-refractivity contribution in [3.8, 4) is 5.75 Å². The molecule has 0 saturated heterocycles. The molecule has 0 spiro atoms. The van der Waals surface area contributed by atoms with Crippen LogP contribution in [0.4, 0.5) is 15.8 Å². The number of sulfonamides is 1. The predicted molar refractivity (Wildman–Crippen MR) is 89.3 cm³/mol. The highest BCUT2D eigenvalue weighted by molar-refractivity contribution is 7.92. The van der Waals surface area contributed by atoms with Crippen molar-refractivity contribution >= 4 is 27.3 Å². The summed E-state index contributed by atoms with van der Waals surface area (Å²) in [6, 6.07) is 9.26. The number of methoxy groups -OCH3 is 1. The van der Waals surface area contributed by atoms with Crippen molar-refractivity contribution in [2.45, 2.75) is 11.8 Å². The summed E-state index contributed by atoms with van der Waals surface area (Å²) < 4.78 is 45.8. The van der Waals surface area contributed by atoms with Gasteiger partial charge in [-0.1, -0.05) is 0 Å². The second-order valence-corrected chi connectivity index (χ2v) is 6.70. The summed E-state index contributed by atoms with van der Waals surface area (Å²) in [5, 5.41) is 0. The summed E-state index contributed by atoms with van der Waals surface area (Å²) in [5.74, 6) is -0.425. The van der Waals surface area contributed by atoms with Gasteiger partial charge in [-0.15, -0.1) is 0 Å². The molecule has 0 fully saturated rings. The van der Waals surface area contributed by atoms with E-state index in [4.69, 9.17) is 4.74 Å². The second-order valence-electron chi connectivity index (χ2n) is 5.02. The molecule has 2 aromatic rings. The number of hydrogen-bond donors (Lipinski definition) is 1. The zero-order chi connectivity index (χ0) is 17.9. The van der Waals surface area contributed by atoms with E-state index in [0.29, 0.717) is 5.75 Å². The van der Waals surface area contributed by atoms with E-state index in [0.717, 1.165) is 12.1 Å². The first-order valence-corrected chi connectivity index (χ1v) is 8.43. The number of hydrogen-bond acceptors (Lipinski definition) is 4. The van der Waals surface area contributed by atoms with E-state index in [9.17, 15) is 17.6 Å². The van der Waals surface area contributed by atoms with E-state index in [1.54, 1.807) is 0 Å². The highest BCUT2D eigenvalue weighted by atomic mass is 32.2. The fraction of sp³-hybridized carbons (Fsp3) is 0.188. The van der Waals surface area contributed by atoms with Crippen molar-refractivity contribution in [2.24, 2.45) is 0 Å². The van der Waals surface area contributed by atoms with E-state index < -0.39 is 15.8 Å². The van der Waals surface area contributed by atoms with Crippen LogP contribution in [-0.4, -0.2) is 28.5 Å². The Balaban J connectivity index is 2.41. The first-order chi connectivity index (χ1) is 11.2. The van der Waals surface area contributed by atoms with Crippen LogP contribution in [0.5, 0.6) is 5.75 Å². The number of halogens is 1. The number of rotatable bonds is 5. The molecule has 0 unspecified atom stereocenters. The molecule has 0 bridgehead atoms. The first-order valence-electron chi connectivity index (χ1n) is 6.95. The molecule has 1 N–H and O–H groups in total. The van der Waals surface area contributed by atoms with Gasteiger partial charge in [0.05, 0.1) is 23.4 Å². The number of nitrogens with zero attached hydrogens (tertiary/aromatic N) is 1. The first kappa shape index (κ1) is 17.7. The zero-order valence-electron chi connectivity index (χ0n) is 13.4. The highest BCUT2D eigenvalue weighted by Crippen LogP contribution is 2.29. The van der Waals surface area contributed by atoms with Gasteiger partial charge in [-0.25, -0.2) is 12.8 Å². The molecule has 0 aliphatic rings. The van der Waals surface area contributed by atoms with Crippen LogP contribution in [0.15, 0.2) is 47.4 Å². The summed E-state index contributed by atoms with van der Waals surface area (Å²) >= 11 is 0. The number of benzene rings is 2. The average molecular weight is 352 g/mol. The van der Waals surface area contributed by atoms with Crippen LogP contribution in [0, 0.1) is 5.82 Å². The van der Waals surface area contributed by atoms with Crippen molar-refractivity contribution in [2.75, 3.05) is 23.8 Å². The molecule has 0 aliphatic heterocycles. The number of anilines is 2. The Morgan fingerprint density at radius 2 is 1.79 bits per heavy atom. The number of carbonyl (C=O) groups excluding carboxylic acids is 1. The van der Waals surface area contributed by atoms with Crippen molar-refractivity contribution in [3.05, 3.63) is 48.3 Å². The molecule has 24 heavy (non-hydrogen) atoms. The maximum absolute atomic E-state index is 13.5. The molecule has 2 rings (SSSR count). The molecule has 0 aromatic heterocycles. The number of ether oxygens (including phenoxy) is 1. The zero-order valence-corrected chi connectivity index (χ0v) is 14.2. The van der Waals surface area contributed by atoms with Gasteiger partial charge in [-0.2, -0.15) is 0 Å². The fourth-order valence-corrected chi connectivity index (χ4v) is 3.08. The molecule has 2 aromatic carbocycles. The summed E-state index contributed by atoms with van der Waals surface area (Å²) in [6.07, 6.45) is 0. The molecule has 0 radical (unpaired) electrons. The Morgan fingerprint density at radius 3 is 2.33 bits per heavy atom. The summed E-state index contributed by atoms with van der Waals surface area (Å²) in [7, 11) is -1.00. The van der Waals surface area contributed by atoms with E-state index >= 15 is 0 Å². The monoisotopic (exact) mass is 352 g/mol. The van der Waals surface area contributed by atoms with E-state index in [-0.39, 0.29) is 22.2 Å². The van der Waals surface area contributed by atoms with Crippen LogP contribution in [0.1, 0.15) is 6.92 Å². The Kier molecular flexibility index (Phi) is 5.08. The Hall–Kier alpha value is -2.61. The van der Waals surface area contributed by atoms with Crippen molar-refractivity contribution in [3.63, 3.8) is 0 Å². The average Bonchev–Trinajstić information content (AvgIpc) is 2.54. The molecule has 0 heterocycles. The molecular weight excluding hydrogens is 335 g/mol. The van der Waals surface area contributed by atoms with Gasteiger partial charge in [0.15, 0.2) is 0 Å². The Bertz CT molecular complexity index is 851. The van der Waals surface area contributed by atoms with Gasteiger partial charge in [0, 0.05) is 20.0 Å². The minimum absolute atomic E-state index is 0.0102. The highest BCUT2D eigenvalue weighted by Gasteiger charge is 2.19. The lowest BCUT2D eigenvalue weighted by Gasteiger charge is -2.20.